The molecule has 0 bridgehead atoms. The van der Waals surface area contributed by atoms with Crippen LogP contribution in [0.5, 0.6) is 0 Å². The number of aliphatic hydroxyl groups excluding tert-OH is 1. The van der Waals surface area contributed by atoms with Crippen molar-refractivity contribution in [2.24, 2.45) is 5.73 Å². The molecule has 0 saturated carbocycles. The fourth-order valence-corrected chi connectivity index (χ4v) is 4.95. The number of sulfonamides is 1. The number of amides is 1. The Balaban J connectivity index is 1.94. The largest absolute Gasteiger partial charge is 0.394 e. The van der Waals surface area contributed by atoms with Crippen molar-refractivity contribution in [3.8, 4) is 0 Å². The van der Waals surface area contributed by atoms with Crippen molar-refractivity contribution in [2.45, 2.75) is 25.6 Å². The third-order valence-electron chi connectivity index (χ3n) is 5.62. The lowest BCUT2D eigenvalue weighted by atomic mass is 10.1. The van der Waals surface area contributed by atoms with Crippen LogP contribution in [0.2, 0.25) is 0 Å². The summed E-state index contributed by atoms with van der Waals surface area (Å²) in [6, 6.07) is 16.2. The maximum atomic E-state index is 12.9. The molecule has 2 aromatic rings. The number of rotatable bonds is 5. The molecular formula is C23H32N4O4S. The summed E-state index contributed by atoms with van der Waals surface area (Å²) in [5, 5.41) is 9.43. The molecule has 9 heteroatoms. The minimum atomic E-state index is -3.51. The summed E-state index contributed by atoms with van der Waals surface area (Å²) in [5.41, 5.74) is 8.30. The molecule has 8 nitrogen and oxygen atoms in total. The summed E-state index contributed by atoms with van der Waals surface area (Å²) < 4.78 is 26.7. The molecule has 3 N–H and O–H groups in total. The first-order valence-corrected chi connectivity index (χ1v) is 12.6. The van der Waals surface area contributed by atoms with Gasteiger partial charge in [0, 0.05) is 39.3 Å². The van der Waals surface area contributed by atoms with Gasteiger partial charge >= 0.3 is 0 Å². The molecular weight excluding hydrogens is 428 g/mol. The Morgan fingerprint density at radius 2 is 1.72 bits per heavy atom. The molecule has 0 saturated heterocycles. The molecule has 3 rings (SSSR count). The fraction of sp³-hybridized carbons (Fsp3) is 0.435. The second-order valence-corrected chi connectivity index (χ2v) is 10.0. The maximum absolute atomic E-state index is 12.9. The molecule has 0 spiro atoms. The van der Waals surface area contributed by atoms with Crippen molar-refractivity contribution in [1.29, 1.82) is 0 Å². The molecule has 1 aliphatic heterocycles. The van der Waals surface area contributed by atoms with E-state index < -0.39 is 22.7 Å². The van der Waals surface area contributed by atoms with Gasteiger partial charge in [0.2, 0.25) is 15.9 Å². The average Bonchev–Trinajstić information content (AvgIpc) is 2.81. The summed E-state index contributed by atoms with van der Waals surface area (Å²) in [6.07, 6.45) is 1.86. The van der Waals surface area contributed by atoms with Crippen LogP contribution in [-0.2, 0) is 27.9 Å². The minimum Gasteiger partial charge on any atom is -0.394 e. The van der Waals surface area contributed by atoms with Crippen LogP contribution in [0.3, 0.4) is 0 Å². The number of nitrogens with two attached hydrogens (primary N) is 1. The number of hydrogen-bond donors (Lipinski definition) is 2. The molecule has 32 heavy (non-hydrogen) atoms. The van der Waals surface area contributed by atoms with Gasteiger partial charge in [-0.15, -0.1) is 0 Å². The number of anilines is 1. The normalized spacial score (nSPS) is 17.3. The van der Waals surface area contributed by atoms with Crippen molar-refractivity contribution in [3.63, 3.8) is 0 Å². The van der Waals surface area contributed by atoms with Crippen molar-refractivity contribution in [3.05, 3.63) is 65.7 Å². The van der Waals surface area contributed by atoms with Gasteiger partial charge in [-0.3, -0.25) is 14.0 Å². The molecule has 2 aromatic carbocycles. The van der Waals surface area contributed by atoms with E-state index in [9.17, 15) is 18.3 Å². The number of benzene rings is 2. The lowest BCUT2D eigenvalue weighted by Gasteiger charge is -2.29. The van der Waals surface area contributed by atoms with E-state index in [0.29, 0.717) is 44.8 Å². The zero-order valence-electron chi connectivity index (χ0n) is 18.4. The highest BCUT2D eigenvalue weighted by Crippen LogP contribution is 2.25. The third-order valence-corrected chi connectivity index (χ3v) is 6.80. The number of carbonyl (C=O) groups is 1. The molecule has 1 aliphatic rings. The van der Waals surface area contributed by atoms with Crippen molar-refractivity contribution < 1.29 is 18.3 Å². The predicted octanol–water partition coefficient (Wildman–Crippen LogP) is 1.01. The number of aliphatic hydroxyl groups is 1. The summed E-state index contributed by atoms with van der Waals surface area (Å²) >= 11 is 0. The van der Waals surface area contributed by atoms with Gasteiger partial charge < -0.3 is 15.7 Å². The van der Waals surface area contributed by atoms with E-state index in [-0.39, 0.29) is 12.5 Å². The van der Waals surface area contributed by atoms with Crippen LogP contribution in [0, 0.1) is 0 Å². The first-order valence-electron chi connectivity index (χ1n) is 10.8. The lowest BCUT2D eigenvalue weighted by molar-refractivity contribution is -0.134. The number of hydrogen-bond acceptors (Lipinski definition) is 6. The topological polar surface area (TPSA) is 107 Å². The Labute approximate surface area is 190 Å². The molecule has 0 unspecified atom stereocenters. The standard InChI is InChI=1S/C23H32N4O4S/c1-32(30,31)27-13-7-12-25(16-19-8-3-2-4-9-19)14-15-26(23(29)21(24)18-28)17-20-10-5-6-11-22(20)27/h2-6,8-11,21,28H,7,12-18,24H2,1H3/t21-/m1/s1. The second-order valence-electron chi connectivity index (χ2n) is 8.13. The first kappa shape index (κ1) is 24.2. The van der Waals surface area contributed by atoms with Gasteiger partial charge in [0.05, 0.1) is 18.6 Å². The number of para-hydroxylation sites is 1. The molecule has 1 heterocycles. The van der Waals surface area contributed by atoms with Crippen LogP contribution in [0.15, 0.2) is 54.6 Å². The van der Waals surface area contributed by atoms with E-state index in [0.717, 1.165) is 11.1 Å². The van der Waals surface area contributed by atoms with Crippen molar-refractivity contribution in [1.82, 2.24) is 9.80 Å². The summed E-state index contributed by atoms with van der Waals surface area (Å²) in [6.45, 7) is 2.53. The van der Waals surface area contributed by atoms with E-state index >= 15 is 0 Å². The Kier molecular flexibility index (Phi) is 8.25. The summed E-state index contributed by atoms with van der Waals surface area (Å²) in [4.78, 5) is 16.8. The van der Waals surface area contributed by atoms with E-state index in [2.05, 4.69) is 4.90 Å². The van der Waals surface area contributed by atoms with E-state index in [4.69, 9.17) is 5.73 Å². The molecule has 1 atom stereocenters. The quantitative estimate of drug-likeness (QED) is 0.690. The molecule has 174 valence electrons. The highest BCUT2D eigenvalue weighted by molar-refractivity contribution is 7.92. The summed E-state index contributed by atoms with van der Waals surface area (Å²) in [7, 11) is -3.51. The Morgan fingerprint density at radius 1 is 1.03 bits per heavy atom. The Morgan fingerprint density at radius 3 is 2.41 bits per heavy atom. The number of carbonyl (C=O) groups excluding carboxylic acids is 1. The van der Waals surface area contributed by atoms with Gasteiger partial charge in [0.15, 0.2) is 0 Å². The smallest absolute Gasteiger partial charge is 0.242 e. The zero-order chi connectivity index (χ0) is 23.1. The van der Waals surface area contributed by atoms with Gasteiger partial charge in [-0.2, -0.15) is 0 Å². The monoisotopic (exact) mass is 460 g/mol. The molecule has 1 amide bonds. The zero-order valence-corrected chi connectivity index (χ0v) is 19.2. The summed E-state index contributed by atoms with van der Waals surface area (Å²) in [5.74, 6) is -0.355. The van der Waals surface area contributed by atoms with Crippen LogP contribution in [0.25, 0.3) is 0 Å². The molecule has 0 aromatic heterocycles. The Hall–Kier alpha value is -2.46. The fourth-order valence-electron chi connectivity index (χ4n) is 3.95. The van der Waals surface area contributed by atoms with Gasteiger partial charge in [-0.05, 0) is 23.6 Å². The third kappa shape index (κ3) is 6.29. The average molecular weight is 461 g/mol. The van der Waals surface area contributed by atoms with Crippen LogP contribution >= 0.6 is 0 Å². The van der Waals surface area contributed by atoms with Crippen LogP contribution in [0.1, 0.15) is 17.5 Å². The van der Waals surface area contributed by atoms with Gasteiger partial charge in [0.25, 0.3) is 0 Å². The molecule has 0 radical (unpaired) electrons. The van der Waals surface area contributed by atoms with Crippen molar-refractivity contribution in [2.75, 3.05) is 43.3 Å². The minimum absolute atomic E-state index is 0.216. The number of nitrogens with zero attached hydrogens (tertiary/aromatic N) is 3. The lowest BCUT2D eigenvalue weighted by Crippen LogP contribution is -2.47. The number of fused-ring (bicyclic) bond motifs is 1. The van der Waals surface area contributed by atoms with Crippen LogP contribution in [0.4, 0.5) is 5.69 Å². The highest BCUT2D eigenvalue weighted by atomic mass is 32.2. The first-order chi connectivity index (χ1) is 15.3. The van der Waals surface area contributed by atoms with E-state index in [1.165, 1.54) is 10.6 Å². The molecule has 0 aliphatic carbocycles. The maximum Gasteiger partial charge on any atom is 0.242 e. The van der Waals surface area contributed by atoms with Crippen molar-refractivity contribution >= 4 is 21.6 Å². The SMILES string of the molecule is CS(=O)(=O)N1CCCN(Cc2ccccc2)CCN(C(=O)[C@H](N)CO)Cc2ccccc21. The predicted molar refractivity (Wildman–Crippen MR) is 125 cm³/mol. The second kappa shape index (κ2) is 10.9. The molecule has 0 fully saturated rings. The van der Waals surface area contributed by atoms with E-state index in [1.807, 2.05) is 42.5 Å². The van der Waals surface area contributed by atoms with Gasteiger partial charge in [-0.25, -0.2) is 8.42 Å². The van der Waals surface area contributed by atoms with E-state index in [1.54, 1.807) is 17.0 Å². The van der Waals surface area contributed by atoms with Gasteiger partial charge in [0.1, 0.15) is 6.04 Å². The van der Waals surface area contributed by atoms with Crippen LogP contribution < -0.4 is 10.0 Å². The Bertz CT molecular complexity index is 1000. The van der Waals surface area contributed by atoms with Crippen LogP contribution in [-0.4, -0.2) is 74.3 Å². The van der Waals surface area contributed by atoms with Gasteiger partial charge in [-0.1, -0.05) is 48.5 Å². The highest BCUT2D eigenvalue weighted by Gasteiger charge is 2.26.